The van der Waals surface area contributed by atoms with Crippen LogP contribution >= 0.6 is 0 Å². The number of methoxy groups -OCH3 is 2. The van der Waals surface area contributed by atoms with Crippen molar-refractivity contribution in [3.63, 3.8) is 0 Å². The van der Waals surface area contributed by atoms with Crippen molar-refractivity contribution in [1.82, 2.24) is 4.98 Å². The molecule has 8 heteroatoms. The van der Waals surface area contributed by atoms with E-state index in [9.17, 15) is 10.1 Å². The van der Waals surface area contributed by atoms with Gasteiger partial charge < -0.3 is 19.7 Å². The highest BCUT2D eigenvalue weighted by molar-refractivity contribution is 5.59. The van der Waals surface area contributed by atoms with E-state index in [-0.39, 0.29) is 11.7 Å². The number of hydrogen-bond donors (Lipinski definition) is 1. The fraction of sp³-hybridized carbons (Fsp3) is 0.389. The first-order chi connectivity index (χ1) is 12.5. The summed E-state index contributed by atoms with van der Waals surface area (Å²) in [6, 6.07) is 7.35. The van der Waals surface area contributed by atoms with Crippen molar-refractivity contribution in [3.8, 4) is 11.5 Å². The van der Waals surface area contributed by atoms with Crippen molar-refractivity contribution in [2.24, 2.45) is 0 Å². The minimum atomic E-state index is -0.401. The number of pyridine rings is 1. The molecule has 1 N–H and O–H groups in total. The molecule has 0 aliphatic carbocycles. The predicted octanol–water partition coefficient (Wildman–Crippen LogP) is 3.01. The Labute approximate surface area is 151 Å². The van der Waals surface area contributed by atoms with E-state index in [1.807, 2.05) is 18.2 Å². The van der Waals surface area contributed by atoms with Gasteiger partial charge in [0.05, 0.1) is 19.1 Å². The number of nitrogens with zero attached hydrogens (tertiary/aromatic N) is 3. The van der Waals surface area contributed by atoms with Crippen LogP contribution in [0.1, 0.15) is 12.0 Å². The van der Waals surface area contributed by atoms with E-state index >= 15 is 0 Å². The Morgan fingerprint density at radius 2 is 1.92 bits per heavy atom. The molecule has 3 rings (SSSR count). The van der Waals surface area contributed by atoms with E-state index in [0.29, 0.717) is 12.4 Å². The van der Waals surface area contributed by atoms with Crippen LogP contribution in [0.4, 0.5) is 17.2 Å². The van der Waals surface area contributed by atoms with Crippen molar-refractivity contribution in [3.05, 3.63) is 46.1 Å². The van der Waals surface area contributed by atoms with Crippen LogP contribution in [0.25, 0.3) is 0 Å². The number of benzene rings is 1. The van der Waals surface area contributed by atoms with Crippen LogP contribution in [0.15, 0.2) is 30.5 Å². The Hall–Kier alpha value is -3.03. The van der Waals surface area contributed by atoms with Crippen LogP contribution in [-0.2, 0) is 0 Å². The molecule has 0 radical (unpaired) electrons. The van der Waals surface area contributed by atoms with Gasteiger partial charge in [-0.05, 0) is 18.9 Å². The molecule has 1 aromatic carbocycles. The Kier molecular flexibility index (Phi) is 5.11. The summed E-state index contributed by atoms with van der Waals surface area (Å²) in [4.78, 5) is 17.3. The third-order valence-corrected chi connectivity index (χ3v) is 4.43. The number of nitro groups is 1. The Bertz CT molecular complexity index is 790. The highest BCUT2D eigenvalue weighted by Gasteiger charge is 2.26. The summed E-state index contributed by atoms with van der Waals surface area (Å²) in [6.07, 6.45) is 2.49. The van der Waals surface area contributed by atoms with Gasteiger partial charge in [0.15, 0.2) is 0 Å². The van der Waals surface area contributed by atoms with Crippen molar-refractivity contribution < 1.29 is 14.4 Å². The molecule has 1 unspecified atom stereocenters. The maximum Gasteiger partial charge on any atom is 0.311 e. The number of hydrogen-bond acceptors (Lipinski definition) is 7. The van der Waals surface area contributed by atoms with Gasteiger partial charge in [-0.25, -0.2) is 4.98 Å². The topological polar surface area (TPSA) is 89.8 Å². The fourth-order valence-corrected chi connectivity index (χ4v) is 3.09. The third kappa shape index (κ3) is 3.79. The third-order valence-electron chi connectivity index (χ3n) is 4.43. The first kappa shape index (κ1) is 17.8. The van der Waals surface area contributed by atoms with E-state index in [0.717, 1.165) is 35.7 Å². The summed E-state index contributed by atoms with van der Waals surface area (Å²) in [5.74, 6) is 1.77. The Morgan fingerprint density at radius 1 is 1.23 bits per heavy atom. The Balaban J connectivity index is 1.75. The molecular weight excluding hydrogens is 336 g/mol. The molecule has 26 heavy (non-hydrogen) atoms. The first-order valence-electron chi connectivity index (χ1n) is 8.35. The zero-order valence-corrected chi connectivity index (χ0v) is 15.1. The van der Waals surface area contributed by atoms with Crippen LogP contribution < -0.4 is 19.7 Å². The standard InChI is InChI=1S/C18H22N4O4/c1-12-6-17(22(23)24)18(19-10-12)20-13-4-5-21(11-13)14-7-15(25-2)9-16(8-14)26-3/h6-10,13H,4-5,11H2,1-3H3,(H,19,20). The van der Waals surface area contributed by atoms with Gasteiger partial charge >= 0.3 is 5.69 Å². The second-order valence-electron chi connectivity index (χ2n) is 6.28. The lowest BCUT2D eigenvalue weighted by Crippen LogP contribution is -2.26. The molecule has 1 aliphatic rings. The van der Waals surface area contributed by atoms with E-state index < -0.39 is 4.92 Å². The second-order valence-corrected chi connectivity index (χ2v) is 6.28. The molecule has 8 nitrogen and oxygen atoms in total. The Morgan fingerprint density at radius 3 is 2.54 bits per heavy atom. The molecule has 1 saturated heterocycles. The number of ether oxygens (including phenoxy) is 2. The minimum absolute atomic E-state index is 0.00602. The van der Waals surface area contributed by atoms with Crippen LogP contribution in [0.3, 0.4) is 0 Å². The van der Waals surface area contributed by atoms with E-state index in [4.69, 9.17) is 9.47 Å². The minimum Gasteiger partial charge on any atom is -0.497 e. The van der Waals surface area contributed by atoms with Gasteiger partial charge in [-0.1, -0.05) is 0 Å². The van der Waals surface area contributed by atoms with Gasteiger partial charge in [0.2, 0.25) is 5.82 Å². The van der Waals surface area contributed by atoms with Gasteiger partial charge in [0.25, 0.3) is 0 Å². The molecule has 0 bridgehead atoms. The molecule has 1 aliphatic heterocycles. The monoisotopic (exact) mass is 358 g/mol. The molecule has 1 atom stereocenters. The second kappa shape index (κ2) is 7.47. The SMILES string of the molecule is COc1cc(OC)cc(N2CCC(Nc3ncc(C)cc3[N+](=O)[O-])C2)c1. The summed E-state index contributed by atoms with van der Waals surface area (Å²) < 4.78 is 10.7. The maximum atomic E-state index is 11.3. The summed E-state index contributed by atoms with van der Waals surface area (Å²) in [7, 11) is 3.24. The molecule has 2 aromatic rings. The van der Waals surface area contributed by atoms with E-state index in [1.54, 1.807) is 27.3 Å². The zero-order chi connectivity index (χ0) is 18.7. The molecule has 0 amide bonds. The van der Waals surface area contributed by atoms with Crippen molar-refractivity contribution in [2.45, 2.75) is 19.4 Å². The maximum absolute atomic E-state index is 11.3. The van der Waals surface area contributed by atoms with Crippen LogP contribution in [0.2, 0.25) is 0 Å². The van der Waals surface area contributed by atoms with E-state index in [2.05, 4.69) is 15.2 Å². The smallest absolute Gasteiger partial charge is 0.311 e. The fourth-order valence-electron chi connectivity index (χ4n) is 3.09. The molecule has 0 spiro atoms. The lowest BCUT2D eigenvalue weighted by molar-refractivity contribution is -0.384. The number of aryl methyl sites for hydroxylation is 1. The summed E-state index contributed by atoms with van der Waals surface area (Å²) >= 11 is 0. The largest absolute Gasteiger partial charge is 0.497 e. The quantitative estimate of drug-likeness (QED) is 0.627. The number of aromatic nitrogens is 1. The zero-order valence-electron chi connectivity index (χ0n) is 15.1. The lowest BCUT2D eigenvalue weighted by Gasteiger charge is -2.20. The molecular formula is C18H22N4O4. The van der Waals surface area contributed by atoms with Crippen molar-refractivity contribution in [1.29, 1.82) is 0 Å². The molecule has 1 fully saturated rings. The summed E-state index contributed by atoms with van der Waals surface area (Å²) in [6.45, 7) is 3.33. The first-order valence-corrected chi connectivity index (χ1v) is 8.35. The molecule has 138 valence electrons. The van der Waals surface area contributed by atoms with Crippen LogP contribution in [0, 0.1) is 17.0 Å². The van der Waals surface area contributed by atoms with Gasteiger partial charge in [-0.3, -0.25) is 10.1 Å². The lowest BCUT2D eigenvalue weighted by atomic mass is 10.2. The van der Waals surface area contributed by atoms with Crippen LogP contribution in [-0.4, -0.2) is 43.3 Å². The average Bonchev–Trinajstić information content (AvgIpc) is 3.11. The highest BCUT2D eigenvalue weighted by atomic mass is 16.6. The number of nitrogens with one attached hydrogen (secondary N) is 1. The molecule has 0 saturated carbocycles. The molecule has 2 heterocycles. The predicted molar refractivity (Wildman–Crippen MR) is 99.4 cm³/mol. The van der Waals surface area contributed by atoms with Gasteiger partial charge in [0.1, 0.15) is 11.5 Å². The summed E-state index contributed by atoms with van der Waals surface area (Å²) in [5, 5.41) is 14.5. The number of rotatable bonds is 6. The normalized spacial score (nSPS) is 16.4. The highest BCUT2D eigenvalue weighted by Crippen LogP contribution is 2.31. The van der Waals surface area contributed by atoms with E-state index in [1.165, 1.54) is 6.07 Å². The summed E-state index contributed by atoms with van der Waals surface area (Å²) in [5.41, 5.74) is 1.77. The van der Waals surface area contributed by atoms with Gasteiger partial charge in [0, 0.05) is 55.3 Å². The number of anilines is 2. The van der Waals surface area contributed by atoms with Gasteiger partial charge in [-0.15, -0.1) is 0 Å². The average molecular weight is 358 g/mol. The van der Waals surface area contributed by atoms with Gasteiger partial charge in [-0.2, -0.15) is 0 Å². The van der Waals surface area contributed by atoms with Crippen molar-refractivity contribution in [2.75, 3.05) is 37.5 Å². The van der Waals surface area contributed by atoms with Crippen LogP contribution in [0.5, 0.6) is 11.5 Å². The van der Waals surface area contributed by atoms with Crippen molar-refractivity contribution >= 4 is 17.2 Å². The molecule has 1 aromatic heterocycles.